The Balaban J connectivity index is 0. The van der Waals surface area contributed by atoms with Crippen LogP contribution in [-0.2, 0) is 14.3 Å². The summed E-state index contributed by atoms with van der Waals surface area (Å²) >= 11 is 0. The minimum atomic E-state index is -0.0834. The zero-order valence-electron chi connectivity index (χ0n) is 11.2. The van der Waals surface area contributed by atoms with Crippen LogP contribution in [0.15, 0.2) is 0 Å². The topological polar surface area (TPSA) is 79.5 Å². The van der Waals surface area contributed by atoms with Gasteiger partial charge in [0.05, 0.1) is 13.2 Å². The zero-order chi connectivity index (χ0) is 13.1. The van der Waals surface area contributed by atoms with Gasteiger partial charge in [-0.3, -0.25) is 9.59 Å². The Kier molecular flexibility index (Phi) is 13.6. The van der Waals surface area contributed by atoms with Crippen LogP contribution >= 0.6 is 12.4 Å². The molecule has 0 spiro atoms. The maximum absolute atomic E-state index is 11.3. The number of nitrogens with one attached hydrogen (secondary N) is 3. The first-order chi connectivity index (χ1) is 8.07. The molecule has 18 heavy (non-hydrogen) atoms. The fourth-order valence-corrected chi connectivity index (χ4v) is 1.03. The number of rotatable bonds is 9. The summed E-state index contributed by atoms with van der Waals surface area (Å²) in [5.74, 6) is -0.112. The van der Waals surface area contributed by atoms with E-state index in [-0.39, 0.29) is 36.7 Å². The van der Waals surface area contributed by atoms with Gasteiger partial charge in [-0.1, -0.05) is 13.8 Å². The standard InChI is InChI=1S/C11H23N3O3.ClH/c1-9(2)11(16)14-5-4-13-10(15)8-12-6-7-17-3;/h9,12H,4-8H2,1-3H3,(H,13,15)(H,14,16);1H. The van der Waals surface area contributed by atoms with E-state index < -0.39 is 0 Å². The van der Waals surface area contributed by atoms with Gasteiger partial charge in [0.2, 0.25) is 11.8 Å². The van der Waals surface area contributed by atoms with Gasteiger partial charge in [-0.05, 0) is 0 Å². The normalized spacial score (nSPS) is 9.78. The third kappa shape index (κ3) is 11.6. The van der Waals surface area contributed by atoms with Crippen molar-refractivity contribution in [2.45, 2.75) is 13.8 Å². The van der Waals surface area contributed by atoms with E-state index in [0.29, 0.717) is 26.2 Å². The van der Waals surface area contributed by atoms with E-state index in [4.69, 9.17) is 4.74 Å². The van der Waals surface area contributed by atoms with Crippen molar-refractivity contribution in [3.8, 4) is 0 Å². The summed E-state index contributed by atoms with van der Waals surface area (Å²) in [7, 11) is 1.61. The van der Waals surface area contributed by atoms with Gasteiger partial charge in [0.25, 0.3) is 0 Å². The predicted octanol–water partition coefficient (Wildman–Crippen LogP) is -0.467. The first-order valence-corrected chi connectivity index (χ1v) is 5.82. The molecule has 0 aliphatic carbocycles. The van der Waals surface area contributed by atoms with Crippen molar-refractivity contribution in [3.63, 3.8) is 0 Å². The lowest BCUT2D eigenvalue weighted by molar-refractivity contribution is -0.124. The smallest absolute Gasteiger partial charge is 0.234 e. The van der Waals surface area contributed by atoms with Crippen LogP contribution in [0.2, 0.25) is 0 Å². The SMILES string of the molecule is COCCNCC(=O)NCCNC(=O)C(C)C.Cl. The minimum absolute atomic E-state index is 0. The monoisotopic (exact) mass is 281 g/mol. The molecule has 0 aromatic carbocycles. The van der Waals surface area contributed by atoms with Crippen molar-refractivity contribution >= 4 is 24.2 Å². The summed E-state index contributed by atoms with van der Waals surface area (Å²) < 4.78 is 4.83. The molecule has 108 valence electrons. The molecule has 0 fully saturated rings. The van der Waals surface area contributed by atoms with E-state index in [1.807, 2.05) is 13.8 Å². The number of halogens is 1. The second-order valence-electron chi connectivity index (χ2n) is 3.97. The number of hydrogen-bond donors (Lipinski definition) is 3. The van der Waals surface area contributed by atoms with Crippen LogP contribution in [0.5, 0.6) is 0 Å². The number of carbonyl (C=O) groups is 2. The molecular formula is C11H24ClN3O3. The summed E-state index contributed by atoms with van der Waals surface area (Å²) in [6.45, 7) is 6.05. The third-order valence-corrected chi connectivity index (χ3v) is 2.04. The highest BCUT2D eigenvalue weighted by atomic mass is 35.5. The lowest BCUT2D eigenvalue weighted by atomic mass is 10.2. The molecule has 0 atom stereocenters. The van der Waals surface area contributed by atoms with Crippen molar-refractivity contribution in [3.05, 3.63) is 0 Å². The molecule has 6 nitrogen and oxygen atoms in total. The molecule has 0 unspecified atom stereocenters. The van der Waals surface area contributed by atoms with Gasteiger partial charge in [-0.2, -0.15) is 0 Å². The van der Waals surface area contributed by atoms with Crippen molar-refractivity contribution in [1.82, 2.24) is 16.0 Å². The van der Waals surface area contributed by atoms with Crippen LogP contribution < -0.4 is 16.0 Å². The fourth-order valence-electron chi connectivity index (χ4n) is 1.03. The van der Waals surface area contributed by atoms with Gasteiger partial charge in [0.1, 0.15) is 0 Å². The summed E-state index contributed by atoms with van der Waals surface area (Å²) in [6, 6.07) is 0. The predicted molar refractivity (Wildman–Crippen MR) is 72.9 cm³/mol. The third-order valence-electron chi connectivity index (χ3n) is 2.04. The Bertz CT molecular complexity index is 238. The van der Waals surface area contributed by atoms with Crippen molar-refractivity contribution in [2.24, 2.45) is 5.92 Å². The Morgan fingerprint density at radius 2 is 1.72 bits per heavy atom. The average molecular weight is 282 g/mol. The maximum atomic E-state index is 11.3. The van der Waals surface area contributed by atoms with Gasteiger partial charge in [-0.15, -0.1) is 12.4 Å². The minimum Gasteiger partial charge on any atom is -0.383 e. The summed E-state index contributed by atoms with van der Waals surface area (Å²) in [6.07, 6.45) is 0. The quantitative estimate of drug-likeness (QED) is 0.500. The van der Waals surface area contributed by atoms with E-state index in [2.05, 4.69) is 16.0 Å². The molecule has 0 radical (unpaired) electrons. The zero-order valence-corrected chi connectivity index (χ0v) is 12.1. The Hall–Kier alpha value is -0.850. The van der Waals surface area contributed by atoms with Gasteiger partial charge < -0.3 is 20.7 Å². The highest BCUT2D eigenvalue weighted by molar-refractivity contribution is 5.85. The van der Waals surface area contributed by atoms with E-state index in [1.165, 1.54) is 0 Å². The highest BCUT2D eigenvalue weighted by Crippen LogP contribution is 1.88. The Morgan fingerprint density at radius 1 is 1.11 bits per heavy atom. The van der Waals surface area contributed by atoms with Crippen LogP contribution in [0.4, 0.5) is 0 Å². The number of amides is 2. The molecule has 0 bridgehead atoms. The Morgan fingerprint density at radius 3 is 2.28 bits per heavy atom. The molecule has 3 N–H and O–H groups in total. The Labute approximate surface area is 115 Å². The van der Waals surface area contributed by atoms with Gasteiger partial charge >= 0.3 is 0 Å². The fraction of sp³-hybridized carbons (Fsp3) is 0.818. The molecule has 0 aromatic heterocycles. The number of carbonyl (C=O) groups excluding carboxylic acids is 2. The molecule has 0 saturated heterocycles. The molecule has 0 aliphatic heterocycles. The summed E-state index contributed by atoms with van der Waals surface area (Å²) in [5.41, 5.74) is 0. The van der Waals surface area contributed by atoms with Gasteiger partial charge in [0.15, 0.2) is 0 Å². The molecule has 0 rings (SSSR count). The lowest BCUT2D eigenvalue weighted by Crippen LogP contribution is -2.40. The molecular weight excluding hydrogens is 258 g/mol. The van der Waals surface area contributed by atoms with Gasteiger partial charge in [0, 0.05) is 32.7 Å². The first-order valence-electron chi connectivity index (χ1n) is 5.82. The first kappa shape index (κ1) is 19.5. The second-order valence-corrected chi connectivity index (χ2v) is 3.97. The summed E-state index contributed by atoms with van der Waals surface area (Å²) in [4.78, 5) is 22.4. The summed E-state index contributed by atoms with van der Waals surface area (Å²) in [5, 5.41) is 8.35. The van der Waals surface area contributed by atoms with Crippen molar-refractivity contribution in [2.75, 3.05) is 39.9 Å². The average Bonchev–Trinajstić information content (AvgIpc) is 2.29. The maximum Gasteiger partial charge on any atom is 0.234 e. The van der Waals surface area contributed by atoms with Crippen LogP contribution in [0.3, 0.4) is 0 Å². The molecule has 0 aliphatic rings. The van der Waals surface area contributed by atoms with E-state index in [0.717, 1.165) is 0 Å². The number of methoxy groups -OCH3 is 1. The highest BCUT2D eigenvalue weighted by Gasteiger charge is 2.05. The molecule has 0 heterocycles. The molecule has 0 aromatic rings. The van der Waals surface area contributed by atoms with E-state index in [1.54, 1.807) is 7.11 Å². The van der Waals surface area contributed by atoms with Crippen molar-refractivity contribution in [1.29, 1.82) is 0 Å². The molecule has 2 amide bonds. The number of ether oxygens (including phenoxy) is 1. The van der Waals surface area contributed by atoms with Crippen LogP contribution in [0.25, 0.3) is 0 Å². The largest absolute Gasteiger partial charge is 0.383 e. The molecule has 7 heteroatoms. The van der Waals surface area contributed by atoms with Gasteiger partial charge in [-0.25, -0.2) is 0 Å². The van der Waals surface area contributed by atoms with Crippen LogP contribution in [0, 0.1) is 5.92 Å². The van der Waals surface area contributed by atoms with Crippen molar-refractivity contribution < 1.29 is 14.3 Å². The number of hydrogen-bond acceptors (Lipinski definition) is 4. The second kappa shape index (κ2) is 12.6. The van der Waals surface area contributed by atoms with E-state index >= 15 is 0 Å². The van der Waals surface area contributed by atoms with E-state index in [9.17, 15) is 9.59 Å². The van der Waals surface area contributed by atoms with Crippen LogP contribution in [0.1, 0.15) is 13.8 Å². The molecule has 0 saturated carbocycles. The lowest BCUT2D eigenvalue weighted by Gasteiger charge is -2.09. The van der Waals surface area contributed by atoms with Crippen LogP contribution in [-0.4, -0.2) is 51.7 Å².